The molecule has 0 aliphatic carbocycles. The smallest absolute Gasteiger partial charge is 0.212 e. The molecule has 0 spiro atoms. The summed E-state index contributed by atoms with van der Waals surface area (Å²) < 4.78 is 1.96. The van der Waals surface area contributed by atoms with E-state index in [1.54, 1.807) is 11.8 Å². The fourth-order valence-electron chi connectivity index (χ4n) is 2.45. The van der Waals surface area contributed by atoms with Gasteiger partial charge in [0.2, 0.25) is 5.16 Å². The number of thioether (sulfide) groups is 1. The van der Waals surface area contributed by atoms with Crippen LogP contribution in [0.3, 0.4) is 0 Å². The normalized spacial score (nSPS) is 16.4. The number of fused-ring (bicyclic) bond motifs is 1. The average Bonchev–Trinajstić information content (AvgIpc) is 3.23. The standard InChI is InChI=1S/C15H16N6S/c1-20(2)11-7-5-10(6-8-11)13-17-18-15-21(13)19-14(22-15)12-4-3-9-16-12/h3-9,14,16,19H,1-2H3. The zero-order valence-corrected chi connectivity index (χ0v) is 13.1. The fraction of sp³-hybridized carbons (Fsp3) is 0.200. The molecular formula is C15H16N6S. The van der Waals surface area contributed by atoms with Gasteiger partial charge in [-0.15, -0.1) is 10.2 Å². The Balaban J connectivity index is 1.64. The first-order valence-electron chi connectivity index (χ1n) is 7.02. The van der Waals surface area contributed by atoms with Crippen LogP contribution in [0, 0.1) is 0 Å². The second-order valence-corrected chi connectivity index (χ2v) is 6.41. The van der Waals surface area contributed by atoms with Gasteiger partial charge in [0, 0.05) is 37.2 Å². The van der Waals surface area contributed by atoms with Crippen LogP contribution in [0.25, 0.3) is 11.4 Å². The maximum Gasteiger partial charge on any atom is 0.212 e. The first-order chi connectivity index (χ1) is 10.7. The lowest BCUT2D eigenvalue weighted by molar-refractivity contribution is 0.785. The minimum atomic E-state index is 0.139. The Kier molecular flexibility index (Phi) is 3.07. The number of rotatable bonds is 3. The van der Waals surface area contributed by atoms with Crippen LogP contribution in [0.4, 0.5) is 5.69 Å². The van der Waals surface area contributed by atoms with Gasteiger partial charge in [0.1, 0.15) is 5.37 Å². The third-order valence-corrected chi connectivity index (χ3v) is 4.72. The molecule has 3 aromatic rings. The molecular weight excluding hydrogens is 296 g/mol. The van der Waals surface area contributed by atoms with Crippen LogP contribution < -0.4 is 10.3 Å². The van der Waals surface area contributed by atoms with Gasteiger partial charge in [-0.25, -0.2) is 4.68 Å². The molecule has 1 aliphatic rings. The Morgan fingerprint density at radius 2 is 1.95 bits per heavy atom. The Labute approximate surface area is 132 Å². The molecule has 112 valence electrons. The van der Waals surface area contributed by atoms with Crippen molar-refractivity contribution in [3.05, 3.63) is 48.3 Å². The van der Waals surface area contributed by atoms with E-state index in [2.05, 4.69) is 55.8 Å². The minimum absolute atomic E-state index is 0.139. The van der Waals surface area contributed by atoms with Gasteiger partial charge < -0.3 is 15.3 Å². The summed E-state index contributed by atoms with van der Waals surface area (Å²) in [5, 5.41) is 9.60. The van der Waals surface area contributed by atoms with Crippen molar-refractivity contribution < 1.29 is 0 Å². The lowest BCUT2D eigenvalue weighted by Crippen LogP contribution is -2.14. The monoisotopic (exact) mass is 312 g/mol. The van der Waals surface area contributed by atoms with E-state index in [1.807, 2.05) is 31.0 Å². The summed E-state index contributed by atoms with van der Waals surface area (Å²) in [4.78, 5) is 5.31. The maximum atomic E-state index is 4.30. The first-order valence-corrected chi connectivity index (χ1v) is 7.90. The molecule has 2 aromatic heterocycles. The van der Waals surface area contributed by atoms with E-state index in [0.717, 1.165) is 27.9 Å². The molecule has 0 bridgehead atoms. The van der Waals surface area contributed by atoms with Gasteiger partial charge in [0.15, 0.2) is 5.82 Å². The SMILES string of the molecule is CN(C)c1ccc(-c2nnc3n2NC(c2ccc[nH]2)S3)cc1. The number of hydrogen-bond donors (Lipinski definition) is 2. The Morgan fingerprint density at radius 1 is 1.14 bits per heavy atom. The van der Waals surface area contributed by atoms with Gasteiger partial charge >= 0.3 is 0 Å². The highest BCUT2D eigenvalue weighted by atomic mass is 32.2. The quantitative estimate of drug-likeness (QED) is 0.778. The molecule has 7 heteroatoms. The molecule has 2 N–H and O–H groups in total. The molecule has 0 radical (unpaired) electrons. The molecule has 6 nitrogen and oxygen atoms in total. The van der Waals surface area contributed by atoms with Gasteiger partial charge in [-0.05, 0) is 36.4 Å². The Bertz CT molecular complexity index is 775. The predicted molar refractivity (Wildman–Crippen MR) is 88.5 cm³/mol. The third kappa shape index (κ3) is 2.14. The number of nitrogens with one attached hydrogen (secondary N) is 2. The number of aromatic amines is 1. The van der Waals surface area contributed by atoms with E-state index in [1.165, 1.54) is 0 Å². The topological polar surface area (TPSA) is 61.8 Å². The summed E-state index contributed by atoms with van der Waals surface area (Å²) in [7, 11) is 4.06. The summed E-state index contributed by atoms with van der Waals surface area (Å²) >= 11 is 1.66. The van der Waals surface area contributed by atoms with Crippen molar-refractivity contribution in [3.8, 4) is 11.4 Å². The molecule has 1 aliphatic heterocycles. The van der Waals surface area contributed by atoms with Gasteiger partial charge in [0.05, 0.1) is 0 Å². The van der Waals surface area contributed by atoms with Crippen LogP contribution in [-0.2, 0) is 0 Å². The number of anilines is 1. The minimum Gasteiger partial charge on any atom is -0.378 e. The summed E-state index contributed by atoms with van der Waals surface area (Å²) in [6.45, 7) is 0. The Morgan fingerprint density at radius 3 is 2.64 bits per heavy atom. The van der Waals surface area contributed by atoms with Crippen LogP contribution in [-0.4, -0.2) is 34.0 Å². The van der Waals surface area contributed by atoms with Gasteiger partial charge in [0.25, 0.3) is 0 Å². The van der Waals surface area contributed by atoms with Gasteiger partial charge in [-0.1, -0.05) is 11.8 Å². The lowest BCUT2D eigenvalue weighted by atomic mass is 10.2. The highest BCUT2D eigenvalue weighted by molar-refractivity contribution is 7.99. The van der Waals surface area contributed by atoms with Crippen molar-refractivity contribution in [1.82, 2.24) is 19.9 Å². The van der Waals surface area contributed by atoms with E-state index in [0.29, 0.717) is 0 Å². The van der Waals surface area contributed by atoms with Crippen molar-refractivity contribution in [2.75, 3.05) is 24.4 Å². The van der Waals surface area contributed by atoms with Crippen LogP contribution in [0.2, 0.25) is 0 Å². The molecule has 1 aromatic carbocycles. The van der Waals surface area contributed by atoms with Crippen molar-refractivity contribution in [1.29, 1.82) is 0 Å². The number of benzene rings is 1. The lowest BCUT2D eigenvalue weighted by Gasteiger charge is -2.13. The van der Waals surface area contributed by atoms with E-state index in [-0.39, 0.29) is 5.37 Å². The van der Waals surface area contributed by atoms with Gasteiger partial charge in [-0.3, -0.25) is 0 Å². The number of aromatic nitrogens is 4. The van der Waals surface area contributed by atoms with Crippen molar-refractivity contribution in [2.24, 2.45) is 0 Å². The number of H-pyrrole nitrogens is 1. The van der Waals surface area contributed by atoms with Crippen molar-refractivity contribution in [3.63, 3.8) is 0 Å². The summed E-state index contributed by atoms with van der Waals surface area (Å²) in [5.74, 6) is 0.835. The molecule has 0 saturated heterocycles. The number of nitrogens with zero attached hydrogens (tertiary/aromatic N) is 4. The molecule has 1 unspecified atom stereocenters. The maximum absolute atomic E-state index is 4.30. The molecule has 0 amide bonds. The van der Waals surface area contributed by atoms with E-state index in [9.17, 15) is 0 Å². The molecule has 4 rings (SSSR count). The number of hydrogen-bond acceptors (Lipinski definition) is 5. The highest BCUT2D eigenvalue weighted by Crippen LogP contribution is 2.39. The van der Waals surface area contributed by atoms with Gasteiger partial charge in [-0.2, -0.15) is 0 Å². The zero-order valence-electron chi connectivity index (χ0n) is 12.3. The molecule has 22 heavy (non-hydrogen) atoms. The van der Waals surface area contributed by atoms with Crippen LogP contribution in [0.15, 0.2) is 47.8 Å². The second kappa shape index (κ2) is 5.10. The fourth-order valence-corrected chi connectivity index (χ4v) is 3.42. The molecule has 0 saturated carbocycles. The summed E-state index contributed by atoms with van der Waals surface area (Å²) in [6, 6.07) is 12.4. The van der Waals surface area contributed by atoms with E-state index >= 15 is 0 Å². The Hall–Kier alpha value is -2.41. The van der Waals surface area contributed by atoms with E-state index in [4.69, 9.17) is 0 Å². The van der Waals surface area contributed by atoms with Crippen molar-refractivity contribution in [2.45, 2.75) is 10.5 Å². The average molecular weight is 312 g/mol. The molecule has 1 atom stereocenters. The summed E-state index contributed by atoms with van der Waals surface area (Å²) in [5.41, 5.74) is 6.77. The first kappa shape index (κ1) is 13.3. The molecule has 3 heterocycles. The van der Waals surface area contributed by atoms with Crippen LogP contribution in [0.5, 0.6) is 0 Å². The highest BCUT2D eigenvalue weighted by Gasteiger charge is 2.28. The van der Waals surface area contributed by atoms with Crippen LogP contribution in [0.1, 0.15) is 11.1 Å². The molecule has 0 fully saturated rings. The second-order valence-electron chi connectivity index (χ2n) is 5.34. The van der Waals surface area contributed by atoms with E-state index < -0.39 is 0 Å². The predicted octanol–water partition coefficient (Wildman–Crippen LogP) is 2.69. The third-order valence-electron chi connectivity index (χ3n) is 3.65. The zero-order chi connectivity index (χ0) is 15.1. The van der Waals surface area contributed by atoms with Crippen LogP contribution >= 0.6 is 11.8 Å². The summed E-state index contributed by atoms with van der Waals surface area (Å²) in [6.07, 6.45) is 1.93. The van der Waals surface area contributed by atoms with Crippen molar-refractivity contribution >= 4 is 17.4 Å². The largest absolute Gasteiger partial charge is 0.378 e.